The van der Waals surface area contributed by atoms with Crippen LogP contribution in [0.25, 0.3) is 0 Å². The van der Waals surface area contributed by atoms with Crippen LogP contribution in [0.15, 0.2) is 0 Å². The normalized spacial score (nSPS) is 14.7. The van der Waals surface area contributed by atoms with E-state index in [1.165, 1.54) is 0 Å². The molecule has 0 rings (SSSR count). The van der Waals surface area contributed by atoms with Crippen LogP contribution >= 0.6 is 11.8 Å². The first kappa shape index (κ1) is 16.8. The van der Waals surface area contributed by atoms with Gasteiger partial charge in [-0.3, -0.25) is 4.79 Å². The molecule has 0 radical (unpaired) electrons. The average molecular weight is 260 g/mol. The number of amides is 1. The Bertz CT molecular complexity index is 210. The number of carbonyl (C=O) groups is 1. The van der Waals surface area contributed by atoms with E-state index in [0.29, 0.717) is 24.8 Å². The van der Waals surface area contributed by atoms with E-state index >= 15 is 0 Å². The van der Waals surface area contributed by atoms with Crippen molar-refractivity contribution in [3.8, 4) is 0 Å². The predicted octanol–water partition coefficient (Wildman–Crippen LogP) is 2.26. The van der Waals surface area contributed by atoms with Crippen LogP contribution in [0.2, 0.25) is 0 Å². The van der Waals surface area contributed by atoms with Gasteiger partial charge in [0.1, 0.15) is 0 Å². The van der Waals surface area contributed by atoms with Crippen LogP contribution in [0.5, 0.6) is 0 Å². The average Bonchev–Trinajstić information content (AvgIpc) is 2.23. The Morgan fingerprint density at radius 2 is 1.94 bits per heavy atom. The molecule has 3 N–H and O–H groups in total. The third-order valence-corrected chi connectivity index (χ3v) is 3.88. The summed E-state index contributed by atoms with van der Waals surface area (Å²) in [5, 5.41) is 3.03. The van der Waals surface area contributed by atoms with Crippen molar-refractivity contribution < 1.29 is 4.79 Å². The fraction of sp³-hybridized carbons (Fsp3) is 0.923. The Labute approximate surface area is 110 Å². The van der Waals surface area contributed by atoms with Gasteiger partial charge in [-0.1, -0.05) is 13.8 Å². The summed E-state index contributed by atoms with van der Waals surface area (Å²) in [6.07, 6.45) is 4.65. The lowest BCUT2D eigenvalue weighted by Crippen LogP contribution is -2.34. The second-order valence-corrected chi connectivity index (χ2v) is 5.95. The number of carbonyl (C=O) groups excluding carboxylic acids is 1. The molecule has 0 aliphatic heterocycles. The predicted molar refractivity (Wildman–Crippen MR) is 77.2 cm³/mol. The second kappa shape index (κ2) is 9.77. The minimum absolute atomic E-state index is 0.175. The molecular formula is C13H28N2OS. The van der Waals surface area contributed by atoms with Crippen molar-refractivity contribution in [3.05, 3.63) is 0 Å². The van der Waals surface area contributed by atoms with E-state index in [4.69, 9.17) is 5.73 Å². The maximum atomic E-state index is 11.7. The van der Waals surface area contributed by atoms with Gasteiger partial charge in [0.05, 0.1) is 0 Å². The highest BCUT2D eigenvalue weighted by atomic mass is 32.2. The van der Waals surface area contributed by atoms with Gasteiger partial charge in [-0.25, -0.2) is 0 Å². The zero-order valence-corrected chi connectivity index (χ0v) is 12.5. The summed E-state index contributed by atoms with van der Waals surface area (Å²) in [5.41, 5.74) is 5.59. The maximum Gasteiger partial charge on any atom is 0.220 e. The van der Waals surface area contributed by atoms with Crippen LogP contribution in [0.3, 0.4) is 0 Å². The molecule has 4 heteroatoms. The van der Waals surface area contributed by atoms with E-state index in [1.807, 2.05) is 6.92 Å². The Balaban J connectivity index is 3.87. The van der Waals surface area contributed by atoms with Crippen molar-refractivity contribution in [2.45, 2.75) is 46.1 Å². The molecule has 0 aliphatic rings. The van der Waals surface area contributed by atoms with E-state index < -0.39 is 0 Å². The second-order valence-electron chi connectivity index (χ2n) is 5.04. The number of hydrogen-bond acceptors (Lipinski definition) is 3. The smallest absolute Gasteiger partial charge is 0.220 e. The topological polar surface area (TPSA) is 55.1 Å². The summed E-state index contributed by atoms with van der Waals surface area (Å²) < 4.78 is 0. The molecule has 102 valence electrons. The molecule has 17 heavy (non-hydrogen) atoms. The van der Waals surface area contributed by atoms with E-state index in [-0.39, 0.29) is 11.9 Å². The minimum Gasteiger partial charge on any atom is -0.353 e. The molecule has 0 aliphatic carbocycles. The van der Waals surface area contributed by atoms with Crippen LogP contribution in [-0.4, -0.2) is 30.5 Å². The SMILES string of the molecule is CSCC(C)NC(=O)CCC(CCN)C(C)C. The van der Waals surface area contributed by atoms with Crippen molar-refractivity contribution in [1.29, 1.82) is 0 Å². The third-order valence-electron chi connectivity index (χ3n) is 3.05. The summed E-state index contributed by atoms with van der Waals surface area (Å²) in [6.45, 7) is 7.17. The van der Waals surface area contributed by atoms with E-state index in [0.717, 1.165) is 18.6 Å². The molecule has 3 nitrogen and oxygen atoms in total. The molecule has 1 amide bonds. The highest BCUT2D eigenvalue weighted by Gasteiger charge is 2.15. The molecule has 0 aromatic heterocycles. The van der Waals surface area contributed by atoms with Crippen molar-refractivity contribution in [1.82, 2.24) is 5.32 Å². The molecule has 0 aromatic carbocycles. The number of rotatable bonds is 9. The van der Waals surface area contributed by atoms with Gasteiger partial charge in [-0.05, 0) is 44.4 Å². The first-order valence-corrected chi connectivity index (χ1v) is 7.89. The minimum atomic E-state index is 0.175. The Morgan fingerprint density at radius 1 is 1.29 bits per heavy atom. The summed E-state index contributed by atoms with van der Waals surface area (Å²) in [6, 6.07) is 0.268. The summed E-state index contributed by atoms with van der Waals surface area (Å²) in [7, 11) is 0. The molecular weight excluding hydrogens is 232 g/mol. The molecule has 2 unspecified atom stereocenters. The van der Waals surface area contributed by atoms with Gasteiger partial charge in [0.15, 0.2) is 0 Å². The van der Waals surface area contributed by atoms with Crippen LogP contribution in [-0.2, 0) is 4.79 Å². The standard InChI is InChI=1S/C13H28N2OS/c1-10(2)12(7-8-14)5-6-13(16)15-11(3)9-17-4/h10-12H,5-9,14H2,1-4H3,(H,15,16). The van der Waals surface area contributed by atoms with Gasteiger partial charge >= 0.3 is 0 Å². The maximum absolute atomic E-state index is 11.7. The quantitative estimate of drug-likeness (QED) is 0.668. The van der Waals surface area contributed by atoms with Crippen LogP contribution < -0.4 is 11.1 Å². The Kier molecular flexibility index (Phi) is 9.65. The molecule has 0 saturated carbocycles. The van der Waals surface area contributed by atoms with Gasteiger partial charge in [-0.2, -0.15) is 11.8 Å². The van der Waals surface area contributed by atoms with Gasteiger partial charge in [0.25, 0.3) is 0 Å². The van der Waals surface area contributed by atoms with E-state index in [9.17, 15) is 4.79 Å². The van der Waals surface area contributed by atoms with Crippen LogP contribution in [0.4, 0.5) is 0 Å². The van der Waals surface area contributed by atoms with Crippen LogP contribution in [0, 0.1) is 11.8 Å². The molecule has 0 spiro atoms. The molecule has 0 bridgehead atoms. The fourth-order valence-corrected chi connectivity index (χ4v) is 2.56. The Morgan fingerprint density at radius 3 is 2.41 bits per heavy atom. The zero-order valence-electron chi connectivity index (χ0n) is 11.7. The zero-order chi connectivity index (χ0) is 13.3. The van der Waals surface area contributed by atoms with Crippen molar-refractivity contribution in [2.24, 2.45) is 17.6 Å². The van der Waals surface area contributed by atoms with E-state index in [1.54, 1.807) is 11.8 Å². The van der Waals surface area contributed by atoms with Gasteiger partial charge in [0.2, 0.25) is 5.91 Å². The third kappa shape index (κ3) is 8.50. The Hall–Kier alpha value is -0.220. The number of nitrogens with one attached hydrogen (secondary N) is 1. The summed E-state index contributed by atoms with van der Waals surface area (Å²) >= 11 is 1.76. The van der Waals surface area contributed by atoms with Crippen molar-refractivity contribution in [3.63, 3.8) is 0 Å². The van der Waals surface area contributed by atoms with Crippen LogP contribution in [0.1, 0.15) is 40.0 Å². The van der Waals surface area contributed by atoms with Gasteiger partial charge in [-0.15, -0.1) is 0 Å². The fourth-order valence-electron chi connectivity index (χ4n) is 1.98. The summed E-state index contributed by atoms with van der Waals surface area (Å²) in [4.78, 5) is 11.7. The van der Waals surface area contributed by atoms with Gasteiger partial charge in [0, 0.05) is 18.2 Å². The van der Waals surface area contributed by atoms with Crippen molar-refractivity contribution in [2.75, 3.05) is 18.6 Å². The monoisotopic (exact) mass is 260 g/mol. The van der Waals surface area contributed by atoms with Gasteiger partial charge < -0.3 is 11.1 Å². The van der Waals surface area contributed by atoms with E-state index in [2.05, 4.69) is 25.4 Å². The molecule has 0 heterocycles. The first-order valence-electron chi connectivity index (χ1n) is 6.49. The van der Waals surface area contributed by atoms with Crippen molar-refractivity contribution >= 4 is 17.7 Å². The molecule has 0 saturated heterocycles. The molecule has 0 fully saturated rings. The lowest BCUT2D eigenvalue weighted by Gasteiger charge is -2.20. The largest absolute Gasteiger partial charge is 0.353 e. The molecule has 2 atom stereocenters. The highest BCUT2D eigenvalue weighted by molar-refractivity contribution is 7.98. The number of thioether (sulfide) groups is 1. The molecule has 0 aromatic rings. The number of hydrogen-bond donors (Lipinski definition) is 2. The number of nitrogens with two attached hydrogens (primary N) is 1. The lowest BCUT2D eigenvalue weighted by molar-refractivity contribution is -0.121. The first-order chi connectivity index (χ1) is 8.01. The summed E-state index contributed by atoms with van der Waals surface area (Å²) in [5.74, 6) is 2.33. The lowest BCUT2D eigenvalue weighted by atomic mass is 9.88. The highest BCUT2D eigenvalue weighted by Crippen LogP contribution is 2.20.